The van der Waals surface area contributed by atoms with Crippen LogP contribution in [0.4, 0.5) is 0 Å². The van der Waals surface area contributed by atoms with E-state index in [1.807, 2.05) is 30.3 Å². The quantitative estimate of drug-likeness (QED) is 0.504. The first-order chi connectivity index (χ1) is 12.2. The van der Waals surface area contributed by atoms with Gasteiger partial charge in [0.25, 0.3) is 0 Å². The molecule has 2 aromatic carbocycles. The lowest BCUT2D eigenvalue weighted by molar-refractivity contribution is -0.169. The van der Waals surface area contributed by atoms with Crippen molar-refractivity contribution in [2.24, 2.45) is 10.2 Å². The summed E-state index contributed by atoms with van der Waals surface area (Å²) in [5, 5.41) is 1.98. The Morgan fingerprint density at radius 1 is 1.27 bits per heavy atom. The molecular formula is C19H23ClNO4P. The molecule has 0 spiro atoms. The van der Waals surface area contributed by atoms with Crippen LogP contribution >= 0.6 is 19.8 Å². The fourth-order valence-electron chi connectivity index (χ4n) is 2.18. The number of esters is 1. The predicted molar refractivity (Wildman–Crippen MR) is 103 cm³/mol. The summed E-state index contributed by atoms with van der Waals surface area (Å²) < 4.78 is 14.5. The van der Waals surface area contributed by atoms with Gasteiger partial charge in [0.15, 0.2) is 6.04 Å². The first-order valence-corrected chi connectivity index (χ1v) is 9.88. The number of hydrogen-bond acceptors (Lipinski definition) is 5. The SMILES string of the molecule is C[C@H](N=[P+]([O-])Oc1c(Cl)ccc2ccccc12)C(=O)OCCC(C)(C)C. The van der Waals surface area contributed by atoms with Crippen molar-refractivity contribution in [2.45, 2.75) is 40.2 Å². The summed E-state index contributed by atoms with van der Waals surface area (Å²) in [4.78, 5) is 24.2. The number of ether oxygens (including phenoxy) is 1. The van der Waals surface area contributed by atoms with E-state index in [4.69, 9.17) is 20.9 Å². The standard InChI is InChI=1S/C19H23ClNO4P/c1-13(18(22)24-12-11-19(2,3)4)21-26(23)25-17-15-8-6-5-7-14(15)9-10-16(17)20/h5-10,13H,11-12H2,1-4H3/t13-/m0/s1. The summed E-state index contributed by atoms with van der Waals surface area (Å²) in [5.41, 5.74) is 0.0695. The number of fused-ring (bicyclic) bond motifs is 1. The number of nitrogens with zero attached hydrogens (tertiary/aromatic N) is 1. The average Bonchev–Trinajstić information content (AvgIpc) is 2.56. The second-order valence-electron chi connectivity index (χ2n) is 7.20. The van der Waals surface area contributed by atoms with Crippen molar-refractivity contribution in [2.75, 3.05) is 6.61 Å². The molecule has 0 saturated carbocycles. The van der Waals surface area contributed by atoms with Crippen LogP contribution in [0.1, 0.15) is 34.1 Å². The molecule has 5 nitrogen and oxygen atoms in total. The molecule has 0 radical (unpaired) electrons. The van der Waals surface area contributed by atoms with Crippen LogP contribution in [0.25, 0.3) is 10.8 Å². The maximum absolute atomic E-state index is 12.2. The highest BCUT2D eigenvalue weighted by atomic mass is 35.5. The maximum Gasteiger partial charge on any atom is 0.395 e. The van der Waals surface area contributed by atoms with Crippen LogP contribution in [0, 0.1) is 5.41 Å². The van der Waals surface area contributed by atoms with E-state index in [1.54, 1.807) is 6.07 Å². The summed E-state index contributed by atoms with van der Waals surface area (Å²) in [6.07, 6.45) is 0.736. The Bertz CT molecular complexity index is 817. The third-order valence-corrected chi connectivity index (χ3v) is 4.88. The van der Waals surface area contributed by atoms with Crippen molar-refractivity contribution >= 4 is 36.5 Å². The maximum atomic E-state index is 12.2. The summed E-state index contributed by atoms with van der Waals surface area (Å²) >= 11 is 6.17. The Hall–Kier alpha value is -1.68. The van der Waals surface area contributed by atoms with Gasteiger partial charge < -0.3 is 9.63 Å². The number of rotatable bonds is 6. The molecule has 7 heteroatoms. The van der Waals surface area contributed by atoms with E-state index in [1.165, 1.54) is 6.92 Å². The normalized spacial score (nSPS) is 13.5. The van der Waals surface area contributed by atoms with Gasteiger partial charge in [-0.05, 0) is 30.2 Å². The van der Waals surface area contributed by atoms with Crippen LogP contribution in [0.3, 0.4) is 0 Å². The van der Waals surface area contributed by atoms with Gasteiger partial charge >= 0.3 is 14.1 Å². The predicted octanol–water partition coefficient (Wildman–Crippen LogP) is 5.10. The zero-order valence-corrected chi connectivity index (χ0v) is 17.0. The van der Waals surface area contributed by atoms with Crippen LogP contribution in [0.15, 0.2) is 41.1 Å². The Labute approximate surface area is 159 Å². The summed E-state index contributed by atoms with van der Waals surface area (Å²) in [5.74, 6) is -0.229. The van der Waals surface area contributed by atoms with Gasteiger partial charge in [0.1, 0.15) is 0 Å². The first kappa shape index (κ1) is 20.6. The van der Waals surface area contributed by atoms with Crippen LogP contribution < -0.4 is 9.42 Å². The minimum Gasteiger partial charge on any atom is -0.575 e. The van der Waals surface area contributed by atoms with E-state index >= 15 is 0 Å². The van der Waals surface area contributed by atoms with Crippen molar-refractivity contribution in [3.8, 4) is 5.75 Å². The molecule has 0 aromatic heterocycles. The fourth-order valence-corrected chi connectivity index (χ4v) is 3.21. The molecule has 0 amide bonds. The van der Waals surface area contributed by atoms with Gasteiger partial charge in [0.05, 0.1) is 11.6 Å². The minimum absolute atomic E-state index is 0.0695. The van der Waals surface area contributed by atoms with Gasteiger partial charge in [-0.3, -0.25) is 4.52 Å². The average molecular weight is 396 g/mol. The van der Waals surface area contributed by atoms with Gasteiger partial charge in [-0.2, -0.15) is 0 Å². The smallest absolute Gasteiger partial charge is 0.395 e. The van der Waals surface area contributed by atoms with Crippen LogP contribution in [0.2, 0.25) is 5.02 Å². The molecule has 2 atom stereocenters. The highest BCUT2D eigenvalue weighted by molar-refractivity contribution is 7.34. The van der Waals surface area contributed by atoms with E-state index in [-0.39, 0.29) is 5.41 Å². The molecule has 0 aliphatic heterocycles. The molecule has 0 bridgehead atoms. The number of hydrogen-bond donors (Lipinski definition) is 0. The van der Waals surface area contributed by atoms with Crippen molar-refractivity contribution in [3.05, 3.63) is 41.4 Å². The second kappa shape index (κ2) is 8.81. The van der Waals surface area contributed by atoms with E-state index in [2.05, 4.69) is 25.5 Å². The first-order valence-electron chi connectivity index (χ1n) is 8.37. The molecule has 0 fully saturated rings. The molecule has 26 heavy (non-hydrogen) atoms. The van der Waals surface area contributed by atoms with Gasteiger partial charge in [-0.1, -0.05) is 67.4 Å². The van der Waals surface area contributed by atoms with Gasteiger partial charge in [-0.15, -0.1) is 0 Å². The largest absolute Gasteiger partial charge is 0.575 e. The van der Waals surface area contributed by atoms with E-state index in [0.717, 1.165) is 17.2 Å². The molecule has 2 aromatic rings. The van der Waals surface area contributed by atoms with Gasteiger partial charge in [0, 0.05) is 5.39 Å². The Kier molecular flexibility index (Phi) is 6.99. The number of halogens is 1. The molecule has 0 aliphatic rings. The molecule has 2 rings (SSSR count). The van der Waals surface area contributed by atoms with Gasteiger partial charge in [-0.25, -0.2) is 4.79 Å². The highest BCUT2D eigenvalue weighted by Crippen LogP contribution is 2.37. The molecular weight excluding hydrogens is 373 g/mol. The topological polar surface area (TPSA) is 71.0 Å². The van der Waals surface area contributed by atoms with Gasteiger partial charge in [0.2, 0.25) is 5.75 Å². The fraction of sp³-hybridized carbons (Fsp3) is 0.421. The van der Waals surface area contributed by atoms with E-state index in [0.29, 0.717) is 17.4 Å². The molecule has 0 saturated heterocycles. The second-order valence-corrected chi connectivity index (χ2v) is 8.49. The summed E-state index contributed by atoms with van der Waals surface area (Å²) in [6.45, 7) is 8.02. The summed E-state index contributed by atoms with van der Waals surface area (Å²) in [6, 6.07) is 10.1. The van der Waals surface area contributed by atoms with Crippen molar-refractivity contribution in [3.63, 3.8) is 0 Å². The molecule has 0 heterocycles. The zero-order valence-electron chi connectivity index (χ0n) is 15.4. The third kappa shape index (κ3) is 5.94. The Morgan fingerprint density at radius 3 is 2.65 bits per heavy atom. The lowest BCUT2D eigenvalue weighted by Gasteiger charge is -2.17. The van der Waals surface area contributed by atoms with Crippen molar-refractivity contribution < 1.29 is 18.9 Å². The molecule has 0 N–H and O–H groups in total. The number of carbonyl (C=O) groups excluding carboxylic acids is 1. The van der Waals surface area contributed by atoms with Crippen LogP contribution in [0.5, 0.6) is 5.75 Å². The molecule has 140 valence electrons. The molecule has 1 unspecified atom stereocenters. The number of benzene rings is 2. The highest BCUT2D eigenvalue weighted by Gasteiger charge is 2.21. The third-order valence-electron chi connectivity index (χ3n) is 3.71. The van der Waals surface area contributed by atoms with Crippen molar-refractivity contribution in [1.29, 1.82) is 0 Å². The van der Waals surface area contributed by atoms with E-state index < -0.39 is 20.2 Å². The Balaban J connectivity index is 2.06. The lowest BCUT2D eigenvalue weighted by Crippen LogP contribution is -2.21. The molecule has 0 aliphatic carbocycles. The Morgan fingerprint density at radius 2 is 1.96 bits per heavy atom. The zero-order chi connectivity index (χ0) is 19.3. The monoisotopic (exact) mass is 395 g/mol. The number of carbonyl (C=O) groups is 1. The van der Waals surface area contributed by atoms with Crippen molar-refractivity contribution in [1.82, 2.24) is 0 Å². The van der Waals surface area contributed by atoms with Crippen LogP contribution in [-0.2, 0) is 9.53 Å². The van der Waals surface area contributed by atoms with E-state index in [9.17, 15) is 9.69 Å². The lowest BCUT2D eigenvalue weighted by atomic mass is 9.93. The minimum atomic E-state index is -2.47. The van der Waals surface area contributed by atoms with Crippen LogP contribution in [-0.4, -0.2) is 18.6 Å². The summed E-state index contributed by atoms with van der Waals surface area (Å²) in [7, 11) is -2.47.